The van der Waals surface area contributed by atoms with Crippen LogP contribution in [0.25, 0.3) is 0 Å². The van der Waals surface area contributed by atoms with Crippen molar-refractivity contribution in [2.45, 2.75) is 17.4 Å². The molecule has 1 unspecified atom stereocenters. The predicted molar refractivity (Wildman–Crippen MR) is 64.0 cm³/mol. The van der Waals surface area contributed by atoms with Gasteiger partial charge in [0.05, 0.1) is 4.92 Å². The van der Waals surface area contributed by atoms with Gasteiger partial charge in [-0.3, -0.25) is 14.9 Å². The molecule has 1 rings (SSSR count). The maximum Gasteiger partial charge on any atom is 0.324 e. The van der Waals surface area contributed by atoms with Gasteiger partial charge in [-0.2, -0.15) is 0 Å². The molecule has 0 aliphatic rings. The summed E-state index contributed by atoms with van der Waals surface area (Å²) in [7, 11) is 0. The van der Waals surface area contributed by atoms with E-state index in [1.807, 2.05) is 0 Å². The largest absolute Gasteiger partial charge is 0.480 e. The molecule has 0 radical (unpaired) electrons. The van der Waals surface area contributed by atoms with Crippen LogP contribution in [0, 0.1) is 10.1 Å². The Labute approximate surface area is 102 Å². The van der Waals surface area contributed by atoms with E-state index in [2.05, 4.69) is 0 Å². The van der Waals surface area contributed by atoms with Gasteiger partial charge in [0.15, 0.2) is 0 Å². The molecule has 0 bridgehead atoms. The second-order valence-electron chi connectivity index (χ2n) is 3.76. The van der Waals surface area contributed by atoms with Crippen LogP contribution in [-0.4, -0.2) is 27.3 Å². The third-order valence-corrected chi connectivity index (χ3v) is 3.42. The zero-order valence-electron chi connectivity index (χ0n) is 9.12. The molecule has 3 N–H and O–H groups in total. The number of benzene rings is 1. The fourth-order valence-electron chi connectivity index (χ4n) is 0.959. The average molecular weight is 256 g/mol. The number of nitrogens with zero attached hydrogens (tertiary/aromatic N) is 1. The Morgan fingerprint density at radius 3 is 2.47 bits per heavy atom. The lowest BCUT2D eigenvalue weighted by Crippen LogP contribution is -2.47. The molecule has 0 saturated heterocycles. The first kappa shape index (κ1) is 13.5. The maximum atomic E-state index is 10.8. The van der Waals surface area contributed by atoms with Crippen molar-refractivity contribution in [3.05, 3.63) is 34.4 Å². The van der Waals surface area contributed by atoms with Gasteiger partial charge in [0, 0.05) is 22.8 Å². The van der Waals surface area contributed by atoms with Crippen LogP contribution < -0.4 is 5.73 Å². The summed E-state index contributed by atoms with van der Waals surface area (Å²) in [6.07, 6.45) is 0. The molecule has 1 atom stereocenters. The molecule has 0 amide bonds. The monoisotopic (exact) mass is 256 g/mol. The lowest BCUT2D eigenvalue weighted by atomic mass is 10.1. The summed E-state index contributed by atoms with van der Waals surface area (Å²) in [4.78, 5) is 21.4. The van der Waals surface area contributed by atoms with E-state index in [0.29, 0.717) is 0 Å². The second kappa shape index (κ2) is 5.15. The Hall–Kier alpha value is -1.60. The Kier molecular flexibility index (Phi) is 4.08. The van der Waals surface area contributed by atoms with Crippen LogP contribution in [0.3, 0.4) is 0 Å². The van der Waals surface area contributed by atoms with Gasteiger partial charge in [-0.25, -0.2) is 0 Å². The van der Waals surface area contributed by atoms with E-state index in [4.69, 9.17) is 10.8 Å². The summed E-state index contributed by atoms with van der Waals surface area (Å²) in [5.41, 5.74) is 4.25. The number of hydrogen-bond donors (Lipinski definition) is 2. The number of carboxylic acid groups (broad SMARTS) is 1. The zero-order chi connectivity index (χ0) is 13.1. The summed E-state index contributed by atoms with van der Waals surface area (Å²) >= 11 is 1.25. The molecule has 0 aromatic heterocycles. The zero-order valence-corrected chi connectivity index (χ0v) is 9.94. The van der Waals surface area contributed by atoms with Crippen LogP contribution in [0.1, 0.15) is 6.92 Å². The van der Waals surface area contributed by atoms with Crippen LogP contribution in [0.5, 0.6) is 0 Å². The first-order chi connectivity index (χ1) is 7.83. The summed E-state index contributed by atoms with van der Waals surface area (Å²) in [5, 5.41) is 19.2. The minimum absolute atomic E-state index is 0.00287. The molecule has 0 spiro atoms. The van der Waals surface area contributed by atoms with E-state index in [0.717, 1.165) is 4.90 Å². The van der Waals surface area contributed by atoms with E-state index in [1.165, 1.54) is 30.8 Å². The van der Waals surface area contributed by atoms with Gasteiger partial charge in [-0.15, -0.1) is 11.8 Å². The SMILES string of the molecule is CC(N)(CSc1ccc([N+](=O)[O-])cc1)C(=O)O. The lowest BCUT2D eigenvalue weighted by Gasteiger charge is -2.18. The quantitative estimate of drug-likeness (QED) is 0.469. The van der Waals surface area contributed by atoms with Crippen LogP contribution in [0.4, 0.5) is 5.69 Å². The standard InChI is InChI=1S/C10H12N2O4S/c1-10(11,9(13)14)6-17-8-4-2-7(3-5-8)12(15)16/h2-5H,6,11H2,1H3,(H,13,14). The van der Waals surface area contributed by atoms with Crippen molar-refractivity contribution in [1.29, 1.82) is 0 Å². The molecular formula is C10H12N2O4S. The first-order valence-electron chi connectivity index (χ1n) is 4.72. The molecule has 6 nitrogen and oxygen atoms in total. The van der Waals surface area contributed by atoms with E-state index < -0.39 is 16.4 Å². The van der Waals surface area contributed by atoms with E-state index in [1.54, 1.807) is 12.1 Å². The molecule has 0 saturated carbocycles. The highest BCUT2D eigenvalue weighted by molar-refractivity contribution is 7.99. The van der Waals surface area contributed by atoms with Crippen LogP contribution in [0.2, 0.25) is 0 Å². The van der Waals surface area contributed by atoms with Crippen LogP contribution in [-0.2, 0) is 4.79 Å². The Morgan fingerprint density at radius 2 is 2.06 bits per heavy atom. The summed E-state index contributed by atoms with van der Waals surface area (Å²) in [5.74, 6) is -0.882. The van der Waals surface area contributed by atoms with Crippen molar-refractivity contribution < 1.29 is 14.8 Å². The molecule has 0 aliphatic carbocycles. The lowest BCUT2D eigenvalue weighted by molar-refractivity contribution is -0.384. The first-order valence-corrected chi connectivity index (χ1v) is 5.71. The third-order valence-electron chi connectivity index (χ3n) is 2.07. The van der Waals surface area contributed by atoms with E-state index in [-0.39, 0.29) is 11.4 Å². The minimum Gasteiger partial charge on any atom is -0.480 e. The van der Waals surface area contributed by atoms with E-state index >= 15 is 0 Å². The fourth-order valence-corrected chi connectivity index (χ4v) is 1.88. The van der Waals surface area contributed by atoms with Gasteiger partial charge in [-0.05, 0) is 19.1 Å². The van der Waals surface area contributed by atoms with Gasteiger partial charge in [0.2, 0.25) is 0 Å². The Bertz CT molecular complexity index is 430. The number of non-ortho nitro benzene ring substituents is 1. The number of aliphatic carboxylic acids is 1. The number of carbonyl (C=O) groups is 1. The molecule has 1 aromatic rings. The number of hydrogen-bond acceptors (Lipinski definition) is 5. The van der Waals surface area contributed by atoms with E-state index in [9.17, 15) is 14.9 Å². The van der Waals surface area contributed by atoms with Crippen LogP contribution >= 0.6 is 11.8 Å². The van der Waals surface area contributed by atoms with Crippen molar-refractivity contribution in [3.8, 4) is 0 Å². The van der Waals surface area contributed by atoms with Crippen molar-refractivity contribution >= 4 is 23.4 Å². The van der Waals surface area contributed by atoms with Crippen molar-refractivity contribution in [3.63, 3.8) is 0 Å². The number of rotatable bonds is 5. The predicted octanol–water partition coefficient (Wildman–Crippen LogP) is 1.49. The number of thioether (sulfide) groups is 1. The average Bonchev–Trinajstić information content (AvgIpc) is 2.27. The number of nitro groups is 1. The highest BCUT2D eigenvalue weighted by atomic mass is 32.2. The van der Waals surface area contributed by atoms with Gasteiger partial charge in [0.25, 0.3) is 5.69 Å². The molecule has 0 fully saturated rings. The third kappa shape index (κ3) is 3.72. The minimum atomic E-state index is -1.31. The summed E-state index contributed by atoms with van der Waals surface area (Å²) in [6, 6.07) is 5.88. The van der Waals surface area contributed by atoms with Crippen LogP contribution in [0.15, 0.2) is 29.2 Å². The molecule has 7 heteroatoms. The van der Waals surface area contributed by atoms with Crippen molar-refractivity contribution in [2.24, 2.45) is 5.73 Å². The number of nitro benzene ring substituents is 1. The highest BCUT2D eigenvalue weighted by Gasteiger charge is 2.27. The molecular weight excluding hydrogens is 244 g/mol. The molecule has 92 valence electrons. The van der Waals surface area contributed by atoms with Gasteiger partial charge >= 0.3 is 5.97 Å². The number of nitrogens with two attached hydrogens (primary N) is 1. The smallest absolute Gasteiger partial charge is 0.324 e. The summed E-state index contributed by atoms with van der Waals surface area (Å²) < 4.78 is 0. The highest BCUT2D eigenvalue weighted by Crippen LogP contribution is 2.24. The molecule has 0 heterocycles. The van der Waals surface area contributed by atoms with Crippen molar-refractivity contribution in [1.82, 2.24) is 0 Å². The summed E-state index contributed by atoms with van der Waals surface area (Å²) in [6.45, 7) is 1.42. The molecule has 0 aliphatic heterocycles. The van der Waals surface area contributed by atoms with Gasteiger partial charge in [-0.1, -0.05) is 0 Å². The second-order valence-corrected chi connectivity index (χ2v) is 4.81. The number of carboxylic acids is 1. The normalized spacial score (nSPS) is 14.0. The fraction of sp³-hybridized carbons (Fsp3) is 0.300. The molecule has 1 aromatic carbocycles. The Balaban J connectivity index is 2.65. The Morgan fingerprint density at radius 1 is 1.53 bits per heavy atom. The van der Waals surface area contributed by atoms with Crippen molar-refractivity contribution in [2.75, 3.05) is 5.75 Å². The topological polar surface area (TPSA) is 106 Å². The maximum absolute atomic E-state index is 10.8. The van der Waals surface area contributed by atoms with Gasteiger partial charge < -0.3 is 10.8 Å². The molecule has 17 heavy (non-hydrogen) atoms. The van der Waals surface area contributed by atoms with Gasteiger partial charge in [0.1, 0.15) is 5.54 Å².